The van der Waals surface area contributed by atoms with Crippen LogP contribution < -0.4 is 15.4 Å². The van der Waals surface area contributed by atoms with E-state index in [1.807, 2.05) is 43.3 Å². The van der Waals surface area contributed by atoms with Crippen LogP contribution in [-0.4, -0.2) is 12.5 Å². The largest absolute Gasteiger partial charge is 0.482 e. The third-order valence-electron chi connectivity index (χ3n) is 3.51. The lowest BCUT2D eigenvalue weighted by molar-refractivity contribution is -0.118. The molecule has 1 aliphatic heterocycles. The summed E-state index contributed by atoms with van der Waals surface area (Å²) in [7, 11) is 0. The number of nitrogens with zero attached hydrogens (tertiary/aromatic N) is 1. The summed E-state index contributed by atoms with van der Waals surface area (Å²) in [5.41, 5.74) is 3.25. The number of hydrogen-bond donors (Lipinski definition) is 2. The van der Waals surface area contributed by atoms with Crippen molar-refractivity contribution in [3.05, 3.63) is 53.6 Å². The van der Waals surface area contributed by atoms with Gasteiger partial charge in [-0.2, -0.15) is 5.26 Å². The molecular formula is C17H15N3O2. The fourth-order valence-electron chi connectivity index (χ4n) is 2.38. The highest BCUT2D eigenvalue weighted by Gasteiger charge is 2.16. The zero-order valence-electron chi connectivity index (χ0n) is 12.1. The minimum absolute atomic E-state index is 0.0379. The number of amides is 1. The summed E-state index contributed by atoms with van der Waals surface area (Å²) in [4.78, 5) is 11.3. The number of carbonyl (C=O) groups excluding carboxylic acids is 1. The lowest BCUT2D eigenvalue weighted by atomic mass is 10.1. The van der Waals surface area contributed by atoms with Crippen molar-refractivity contribution in [2.75, 3.05) is 17.2 Å². The first kappa shape index (κ1) is 14.0. The second-order valence-corrected chi connectivity index (χ2v) is 5.15. The van der Waals surface area contributed by atoms with Crippen molar-refractivity contribution in [3.8, 4) is 11.8 Å². The molecule has 5 heteroatoms. The van der Waals surface area contributed by atoms with Gasteiger partial charge in [0.25, 0.3) is 5.91 Å². The Bertz CT molecular complexity index is 765. The Labute approximate surface area is 128 Å². The molecule has 110 valence electrons. The molecule has 5 nitrogen and oxygen atoms in total. The average molecular weight is 293 g/mol. The van der Waals surface area contributed by atoms with Crippen molar-refractivity contribution in [2.45, 2.75) is 13.0 Å². The third-order valence-corrected chi connectivity index (χ3v) is 3.51. The van der Waals surface area contributed by atoms with E-state index in [0.717, 1.165) is 11.3 Å². The first-order chi connectivity index (χ1) is 10.7. The predicted molar refractivity (Wildman–Crippen MR) is 83.8 cm³/mol. The summed E-state index contributed by atoms with van der Waals surface area (Å²) in [6.07, 6.45) is 0. The van der Waals surface area contributed by atoms with Crippen LogP contribution >= 0.6 is 0 Å². The van der Waals surface area contributed by atoms with Crippen LogP contribution in [0.4, 0.5) is 11.4 Å². The number of nitrogens with one attached hydrogen (secondary N) is 2. The lowest BCUT2D eigenvalue weighted by Crippen LogP contribution is -2.25. The summed E-state index contributed by atoms with van der Waals surface area (Å²) in [6, 6.07) is 15.3. The molecule has 0 fully saturated rings. The molecule has 2 aromatic rings. The third kappa shape index (κ3) is 2.86. The average Bonchev–Trinajstić information content (AvgIpc) is 2.55. The van der Waals surface area contributed by atoms with E-state index < -0.39 is 0 Å². The molecule has 0 saturated carbocycles. The first-order valence-corrected chi connectivity index (χ1v) is 6.99. The molecule has 3 rings (SSSR count). The molecule has 0 radical (unpaired) electrons. The molecule has 0 unspecified atom stereocenters. The van der Waals surface area contributed by atoms with E-state index in [1.54, 1.807) is 6.07 Å². The molecule has 1 amide bonds. The SMILES string of the molecule is C[C@@H](Nc1ccc2c(c1)OCC(=O)N2)c1cccc(C#N)c1. The normalized spacial score (nSPS) is 14.1. The Morgan fingerprint density at radius 3 is 3.00 bits per heavy atom. The number of fused-ring (bicyclic) bond motifs is 1. The van der Waals surface area contributed by atoms with E-state index in [0.29, 0.717) is 17.0 Å². The van der Waals surface area contributed by atoms with E-state index in [4.69, 9.17) is 10.00 Å². The van der Waals surface area contributed by atoms with Gasteiger partial charge in [-0.15, -0.1) is 0 Å². The Kier molecular flexibility index (Phi) is 3.67. The minimum atomic E-state index is -0.144. The Balaban J connectivity index is 1.78. The fraction of sp³-hybridized carbons (Fsp3) is 0.176. The Morgan fingerprint density at radius 2 is 2.18 bits per heavy atom. The van der Waals surface area contributed by atoms with Crippen molar-refractivity contribution in [2.24, 2.45) is 0 Å². The Morgan fingerprint density at radius 1 is 1.32 bits per heavy atom. The molecule has 0 aliphatic carbocycles. The van der Waals surface area contributed by atoms with Crippen LogP contribution in [0, 0.1) is 11.3 Å². The second-order valence-electron chi connectivity index (χ2n) is 5.15. The summed E-state index contributed by atoms with van der Waals surface area (Å²) < 4.78 is 5.41. The molecule has 2 aromatic carbocycles. The van der Waals surface area contributed by atoms with Crippen LogP contribution in [-0.2, 0) is 4.79 Å². The molecule has 0 aromatic heterocycles. The maximum absolute atomic E-state index is 11.3. The highest BCUT2D eigenvalue weighted by Crippen LogP contribution is 2.32. The van der Waals surface area contributed by atoms with Gasteiger partial charge in [-0.25, -0.2) is 0 Å². The summed E-state index contributed by atoms with van der Waals surface area (Å²) in [5.74, 6) is 0.512. The zero-order valence-corrected chi connectivity index (χ0v) is 12.1. The predicted octanol–water partition coefficient (Wildman–Crippen LogP) is 3.06. The topological polar surface area (TPSA) is 74.2 Å². The van der Waals surface area contributed by atoms with E-state index >= 15 is 0 Å². The van der Waals surface area contributed by atoms with Crippen molar-refractivity contribution in [3.63, 3.8) is 0 Å². The van der Waals surface area contributed by atoms with Crippen molar-refractivity contribution >= 4 is 17.3 Å². The zero-order chi connectivity index (χ0) is 15.5. The highest BCUT2D eigenvalue weighted by molar-refractivity contribution is 5.95. The summed E-state index contributed by atoms with van der Waals surface area (Å²) >= 11 is 0. The summed E-state index contributed by atoms with van der Waals surface area (Å²) in [6.45, 7) is 2.06. The van der Waals surface area contributed by atoms with Crippen LogP contribution in [0.3, 0.4) is 0 Å². The van der Waals surface area contributed by atoms with Gasteiger partial charge in [0.2, 0.25) is 0 Å². The molecule has 2 N–H and O–H groups in total. The molecular weight excluding hydrogens is 278 g/mol. The molecule has 1 aliphatic rings. The fourth-order valence-corrected chi connectivity index (χ4v) is 2.38. The van der Waals surface area contributed by atoms with Gasteiger partial charge < -0.3 is 15.4 Å². The first-order valence-electron chi connectivity index (χ1n) is 6.99. The molecule has 1 heterocycles. The monoisotopic (exact) mass is 293 g/mol. The van der Waals surface area contributed by atoms with E-state index in [9.17, 15) is 4.79 Å². The number of benzene rings is 2. The van der Waals surface area contributed by atoms with Crippen molar-refractivity contribution in [1.29, 1.82) is 5.26 Å². The van der Waals surface area contributed by atoms with Crippen LogP contribution in [0.2, 0.25) is 0 Å². The number of anilines is 2. The number of nitriles is 1. The number of carbonyl (C=O) groups is 1. The van der Waals surface area contributed by atoms with Gasteiger partial charge in [-0.3, -0.25) is 4.79 Å². The highest BCUT2D eigenvalue weighted by atomic mass is 16.5. The second kappa shape index (κ2) is 5.78. The van der Waals surface area contributed by atoms with Crippen molar-refractivity contribution < 1.29 is 9.53 Å². The minimum Gasteiger partial charge on any atom is -0.482 e. The maximum atomic E-state index is 11.3. The van der Waals surface area contributed by atoms with E-state index in [2.05, 4.69) is 16.7 Å². The van der Waals surface area contributed by atoms with Gasteiger partial charge in [0.05, 0.1) is 17.3 Å². The van der Waals surface area contributed by atoms with Gasteiger partial charge in [0.15, 0.2) is 6.61 Å². The van der Waals surface area contributed by atoms with E-state index in [1.165, 1.54) is 0 Å². The van der Waals surface area contributed by atoms with Crippen LogP contribution in [0.15, 0.2) is 42.5 Å². The molecule has 22 heavy (non-hydrogen) atoms. The van der Waals surface area contributed by atoms with E-state index in [-0.39, 0.29) is 18.6 Å². The number of rotatable bonds is 3. The molecule has 0 saturated heterocycles. The number of ether oxygens (including phenoxy) is 1. The van der Waals surface area contributed by atoms with Crippen LogP contribution in [0.25, 0.3) is 0 Å². The van der Waals surface area contributed by atoms with Crippen LogP contribution in [0.5, 0.6) is 5.75 Å². The van der Waals surface area contributed by atoms with Crippen molar-refractivity contribution in [1.82, 2.24) is 0 Å². The van der Waals surface area contributed by atoms with Gasteiger partial charge >= 0.3 is 0 Å². The van der Waals surface area contributed by atoms with Crippen LogP contribution in [0.1, 0.15) is 24.1 Å². The molecule has 0 bridgehead atoms. The van der Waals surface area contributed by atoms with Gasteiger partial charge in [-0.05, 0) is 36.8 Å². The summed E-state index contributed by atoms with van der Waals surface area (Å²) in [5, 5.41) is 15.1. The smallest absolute Gasteiger partial charge is 0.262 e. The van der Waals surface area contributed by atoms with Gasteiger partial charge in [0.1, 0.15) is 5.75 Å². The lowest BCUT2D eigenvalue weighted by Gasteiger charge is -2.21. The standard InChI is InChI=1S/C17H15N3O2/c1-11(13-4-2-3-12(7-13)9-18)19-14-5-6-15-16(8-14)22-10-17(21)20-15/h2-8,11,19H,10H2,1H3,(H,20,21)/t11-/m1/s1. The number of hydrogen-bond acceptors (Lipinski definition) is 4. The van der Waals surface area contributed by atoms with Gasteiger partial charge in [0, 0.05) is 17.8 Å². The Hall–Kier alpha value is -3.00. The molecule has 1 atom stereocenters. The maximum Gasteiger partial charge on any atom is 0.262 e. The quantitative estimate of drug-likeness (QED) is 0.912. The van der Waals surface area contributed by atoms with Gasteiger partial charge in [-0.1, -0.05) is 12.1 Å². The molecule has 0 spiro atoms.